The fraction of sp³-hybridized carbons (Fsp3) is 0.542. The van der Waals surface area contributed by atoms with Crippen molar-refractivity contribution in [2.45, 2.75) is 31.7 Å². The maximum absolute atomic E-state index is 13.1. The number of hydrogen-bond donors (Lipinski definition) is 0. The molecule has 1 aromatic heterocycles. The number of nitrogens with zero attached hydrogens (tertiary/aromatic N) is 4. The topological polar surface area (TPSA) is 86.1 Å². The molecule has 0 N–H and O–H groups in total. The molecule has 3 heterocycles. The van der Waals surface area contributed by atoms with Gasteiger partial charge < -0.3 is 24.0 Å². The second-order valence-corrected chi connectivity index (χ2v) is 9.55. The number of amides is 2. The maximum Gasteiger partial charge on any atom is 0.419 e. The normalized spacial score (nSPS) is 20.7. The van der Waals surface area contributed by atoms with E-state index >= 15 is 0 Å². The van der Waals surface area contributed by atoms with E-state index in [4.69, 9.17) is 25.8 Å². The van der Waals surface area contributed by atoms with E-state index < -0.39 is 23.2 Å². The van der Waals surface area contributed by atoms with Crippen molar-refractivity contribution in [2.75, 3.05) is 52.6 Å². The molecule has 2 fully saturated rings. The largest absolute Gasteiger partial charge is 0.490 e. The molecule has 2 aliphatic heterocycles. The number of halogens is 4. The molecular weight excluding hydrogens is 517 g/mol. The van der Waals surface area contributed by atoms with E-state index in [1.807, 2.05) is 6.92 Å². The smallest absolute Gasteiger partial charge is 0.419 e. The van der Waals surface area contributed by atoms with Crippen molar-refractivity contribution in [3.63, 3.8) is 0 Å². The van der Waals surface area contributed by atoms with E-state index in [2.05, 4.69) is 5.10 Å². The van der Waals surface area contributed by atoms with E-state index in [9.17, 15) is 22.8 Å². The van der Waals surface area contributed by atoms with Crippen LogP contribution < -0.4 is 4.74 Å². The Morgan fingerprint density at radius 1 is 1.14 bits per heavy atom. The number of hydrogen-bond acceptors (Lipinski definition) is 6. The number of morpholine rings is 2. The highest BCUT2D eigenvalue weighted by Crippen LogP contribution is 2.29. The van der Waals surface area contributed by atoms with Crippen LogP contribution in [0.25, 0.3) is 0 Å². The first-order chi connectivity index (χ1) is 17.5. The van der Waals surface area contributed by atoms with Gasteiger partial charge in [-0.1, -0.05) is 11.6 Å². The summed E-state index contributed by atoms with van der Waals surface area (Å²) in [4.78, 5) is 29.3. The standard InChI is InChI=1S/C24H28ClF3N4O5/c1-17-10-19(2-3-20(17)25)36-16-23(11-21(33)30-4-7-35-8-5-30)15-31(6-9-37-23)22(34)14-32-13-18(12-29-32)24(26,27)28/h2-3,10,12-13H,4-9,11,14-16H2,1H3. The number of carbonyl (C=O) groups excluding carboxylic acids is 2. The van der Waals surface area contributed by atoms with Gasteiger partial charge in [0.25, 0.3) is 0 Å². The zero-order valence-electron chi connectivity index (χ0n) is 20.3. The van der Waals surface area contributed by atoms with Gasteiger partial charge >= 0.3 is 6.18 Å². The molecule has 0 saturated carbocycles. The quantitative estimate of drug-likeness (QED) is 0.533. The fourth-order valence-corrected chi connectivity index (χ4v) is 4.38. The van der Waals surface area contributed by atoms with Gasteiger partial charge in [-0.25, -0.2) is 0 Å². The second-order valence-electron chi connectivity index (χ2n) is 9.14. The number of rotatable bonds is 7. The van der Waals surface area contributed by atoms with Gasteiger partial charge in [-0.05, 0) is 30.7 Å². The molecular formula is C24H28ClF3N4O5. The number of aryl methyl sites for hydroxylation is 1. The molecule has 2 saturated heterocycles. The molecule has 0 radical (unpaired) electrons. The number of ether oxygens (including phenoxy) is 3. The van der Waals surface area contributed by atoms with Gasteiger partial charge in [0.05, 0.1) is 44.5 Å². The highest BCUT2D eigenvalue weighted by atomic mass is 35.5. The van der Waals surface area contributed by atoms with Crippen LogP contribution in [0.2, 0.25) is 5.02 Å². The highest BCUT2D eigenvalue weighted by molar-refractivity contribution is 6.31. The lowest BCUT2D eigenvalue weighted by Gasteiger charge is -2.43. The molecule has 1 aromatic carbocycles. The summed E-state index contributed by atoms with van der Waals surface area (Å²) in [6, 6.07) is 5.17. The molecule has 2 aromatic rings. The number of aromatic nitrogens is 2. The summed E-state index contributed by atoms with van der Waals surface area (Å²) < 4.78 is 57.1. The Balaban J connectivity index is 1.49. The van der Waals surface area contributed by atoms with Crippen LogP contribution in [0.5, 0.6) is 5.75 Å². The number of alkyl halides is 3. The average molecular weight is 545 g/mol. The Morgan fingerprint density at radius 2 is 1.86 bits per heavy atom. The molecule has 0 spiro atoms. The minimum absolute atomic E-state index is 0.0199. The first kappa shape index (κ1) is 27.2. The van der Waals surface area contributed by atoms with Crippen LogP contribution in [-0.4, -0.2) is 89.6 Å². The third kappa shape index (κ3) is 6.93. The van der Waals surface area contributed by atoms with Gasteiger partial charge in [-0.3, -0.25) is 14.3 Å². The first-order valence-electron chi connectivity index (χ1n) is 11.8. The van der Waals surface area contributed by atoms with Gasteiger partial charge in [-0.15, -0.1) is 0 Å². The molecule has 4 rings (SSSR count). The molecule has 13 heteroatoms. The van der Waals surface area contributed by atoms with Crippen LogP contribution in [0.1, 0.15) is 17.5 Å². The predicted octanol–water partition coefficient (Wildman–Crippen LogP) is 2.79. The van der Waals surface area contributed by atoms with Crippen LogP contribution in [-0.2, 0) is 31.8 Å². The van der Waals surface area contributed by atoms with E-state index in [0.717, 1.165) is 16.4 Å². The van der Waals surface area contributed by atoms with Gasteiger partial charge in [0, 0.05) is 30.9 Å². The number of carbonyl (C=O) groups is 2. The minimum atomic E-state index is -4.55. The molecule has 1 unspecified atom stereocenters. The van der Waals surface area contributed by atoms with Crippen molar-refractivity contribution in [3.05, 3.63) is 46.7 Å². The molecule has 2 aliphatic rings. The van der Waals surface area contributed by atoms with Crippen LogP contribution in [0.15, 0.2) is 30.6 Å². The molecule has 9 nitrogen and oxygen atoms in total. The van der Waals surface area contributed by atoms with Gasteiger partial charge in [-0.2, -0.15) is 18.3 Å². The van der Waals surface area contributed by atoms with Crippen molar-refractivity contribution in [3.8, 4) is 5.75 Å². The minimum Gasteiger partial charge on any atom is -0.490 e. The maximum atomic E-state index is 13.1. The second kappa shape index (κ2) is 11.3. The Hall–Kier alpha value is -2.83. The lowest BCUT2D eigenvalue weighted by atomic mass is 9.96. The first-order valence-corrected chi connectivity index (χ1v) is 12.2. The van der Waals surface area contributed by atoms with Crippen molar-refractivity contribution in [1.29, 1.82) is 0 Å². The molecule has 0 bridgehead atoms. The van der Waals surface area contributed by atoms with Crippen LogP contribution in [0, 0.1) is 6.92 Å². The molecule has 202 valence electrons. The van der Waals surface area contributed by atoms with E-state index in [-0.39, 0.29) is 45.2 Å². The molecule has 2 amide bonds. The SMILES string of the molecule is Cc1cc(OCC2(CC(=O)N3CCOCC3)CN(C(=O)Cn3cc(C(F)(F)F)cn3)CCO2)ccc1Cl. The Kier molecular flexibility index (Phi) is 8.29. The summed E-state index contributed by atoms with van der Waals surface area (Å²) in [6.45, 7) is 3.62. The van der Waals surface area contributed by atoms with Crippen LogP contribution in [0.3, 0.4) is 0 Å². The van der Waals surface area contributed by atoms with Crippen molar-refractivity contribution < 1.29 is 37.0 Å². The summed E-state index contributed by atoms with van der Waals surface area (Å²) >= 11 is 6.10. The van der Waals surface area contributed by atoms with E-state index in [0.29, 0.717) is 43.3 Å². The third-order valence-electron chi connectivity index (χ3n) is 6.33. The fourth-order valence-electron chi connectivity index (χ4n) is 4.26. The van der Waals surface area contributed by atoms with E-state index in [1.54, 1.807) is 23.1 Å². The Bertz CT molecular complexity index is 1120. The summed E-state index contributed by atoms with van der Waals surface area (Å²) in [5.74, 6) is -0.0654. The van der Waals surface area contributed by atoms with Crippen molar-refractivity contribution in [1.82, 2.24) is 19.6 Å². The monoisotopic (exact) mass is 544 g/mol. The Labute approximate surface area is 217 Å². The van der Waals surface area contributed by atoms with Gasteiger partial charge in [0.1, 0.15) is 24.5 Å². The molecule has 1 atom stereocenters. The van der Waals surface area contributed by atoms with Crippen molar-refractivity contribution >= 4 is 23.4 Å². The van der Waals surface area contributed by atoms with Crippen molar-refractivity contribution in [2.24, 2.45) is 0 Å². The predicted molar refractivity (Wildman–Crippen MR) is 126 cm³/mol. The Morgan fingerprint density at radius 3 is 2.54 bits per heavy atom. The number of benzene rings is 1. The highest BCUT2D eigenvalue weighted by Gasteiger charge is 2.42. The van der Waals surface area contributed by atoms with Crippen LogP contribution in [0.4, 0.5) is 13.2 Å². The lowest BCUT2D eigenvalue weighted by Crippen LogP contribution is -2.59. The van der Waals surface area contributed by atoms with Gasteiger partial charge in [0.2, 0.25) is 11.8 Å². The summed E-state index contributed by atoms with van der Waals surface area (Å²) in [5, 5.41) is 4.25. The third-order valence-corrected chi connectivity index (χ3v) is 6.75. The summed E-state index contributed by atoms with van der Waals surface area (Å²) in [6.07, 6.45) is -3.12. The molecule has 37 heavy (non-hydrogen) atoms. The summed E-state index contributed by atoms with van der Waals surface area (Å²) in [5.41, 5.74) is -1.27. The zero-order chi connectivity index (χ0) is 26.6. The average Bonchev–Trinajstić information content (AvgIpc) is 3.35. The van der Waals surface area contributed by atoms with Gasteiger partial charge in [0.15, 0.2) is 0 Å². The lowest BCUT2D eigenvalue weighted by molar-refractivity contribution is -0.167. The van der Waals surface area contributed by atoms with Crippen LogP contribution >= 0.6 is 11.6 Å². The van der Waals surface area contributed by atoms with E-state index in [1.165, 1.54) is 4.90 Å². The summed E-state index contributed by atoms with van der Waals surface area (Å²) in [7, 11) is 0. The molecule has 0 aliphatic carbocycles. The zero-order valence-corrected chi connectivity index (χ0v) is 21.1.